The predicted octanol–water partition coefficient (Wildman–Crippen LogP) is 4.29. The maximum atomic E-state index is 12.8. The lowest BCUT2D eigenvalue weighted by Crippen LogP contribution is -2.37. The van der Waals surface area contributed by atoms with Gasteiger partial charge >= 0.3 is 0 Å². The molecule has 1 aliphatic rings. The second-order valence-electron chi connectivity index (χ2n) is 6.37. The van der Waals surface area contributed by atoms with Gasteiger partial charge in [0.15, 0.2) is 0 Å². The van der Waals surface area contributed by atoms with Crippen molar-refractivity contribution in [2.45, 2.75) is 51.6 Å². The molecular weight excluding hydrogens is 300 g/mol. The van der Waals surface area contributed by atoms with Crippen LogP contribution in [0.15, 0.2) is 36.9 Å². The summed E-state index contributed by atoms with van der Waals surface area (Å²) in [4.78, 5) is 12.8. The lowest BCUT2D eigenvalue weighted by molar-refractivity contribution is 0.0919. The molecule has 1 amide bonds. The molecule has 24 heavy (non-hydrogen) atoms. The van der Waals surface area contributed by atoms with E-state index in [4.69, 9.17) is 4.74 Å². The number of carbonyl (C=O) groups excluding carboxylic acids is 1. The topological polar surface area (TPSA) is 43.3 Å². The molecule has 1 saturated carbocycles. The Balaban J connectivity index is 1.91. The van der Waals surface area contributed by atoms with Gasteiger partial charge in [-0.25, -0.2) is 0 Å². The van der Waals surface area contributed by atoms with E-state index >= 15 is 0 Å². The van der Waals surface area contributed by atoms with Crippen LogP contribution >= 0.6 is 0 Å². The molecular formula is C20H26N2O2. The van der Waals surface area contributed by atoms with E-state index in [1.165, 1.54) is 19.3 Å². The van der Waals surface area contributed by atoms with Crippen molar-refractivity contribution in [2.75, 3.05) is 6.61 Å². The third-order valence-electron chi connectivity index (χ3n) is 4.75. The first-order valence-electron chi connectivity index (χ1n) is 8.91. The first kappa shape index (κ1) is 16.6. The number of hydrogen-bond donors (Lipinski definition) is 1. The number of nitrogens with one attached hydrogen (secondary N) is 1. The molecule has 1 fully saturated rings. The van der Waals surface area contributed by atoms with Crippen LogP contribution in [0.4, 0.5) is 0 Å². The molecule has 1 aromatic carbocycles. The number of fused-ring (bicyclic) bond motifs is 1. The molecule has 0 bridgehead atoms. The van der Waals surface area contributed by atoms with Crippen LogP contribution in [0.2, 0.25) is 0 Å². The largest absolute Gasteiger partial charge is 0.489 e. The van der Waals surface area contributed by atoms with E-state index in [1.54, 1.807) is 6.08 Å². The number of nitrogens with zero attached hydrogens (tertiary/aromatic N) is 1. The summed E-state index contributed by atoms with van der Waals surface area (Å²) in [6.07, 6.45) is 7.61. The lowest BCUT2D eigenvalue weighted by Gasteiger charge is -2.23. The Morgan fingerprint density at radius 1 is 1.38 bits per heavy atom. The van der Waals surface area contributed by atoms with E-state index in [2.05, 4.69) is 23.4 Å². The summed E-state index contributed by atoms with van der Waals surface area (Å²) in [5.41, 5.74) is 1.75. The summed E-state index contributed by atoms with van der Waals surface area (Å²) >= 11 is 0. The Labute approximate surface area is 143 Å². The number of carbonyl (C=O) groups is 1. The molecule has 4 nitrogen and oxygen atoms in total. The average Bonchev–Trinajstić information content (AvgIpc) is 3.00. The zero-order valence-corrected chi connectivity index (χ0v) is 14.4. The third-order valence-corrected chi connectivity index (χ3v) is 4.75. The van der Waals surface area contributed by atoms with Crippen molar-refractivity contribution in [3.8, 4) is 5.75 Å². The van der Waals surface area contributed by atoms with Crippen LogP contribution < -0.4 is 10.1 Å². The molecule has 2 aromatic rings. The van der Waals surface area contributed by atoms with Crippen molar-refractivity contribution in [3.63, 3.8) is 0 Å². The molecule has 0 unspecified atom stereocenters. The number of aromatic nitrogens is 1. The summed E-state index contributed by atoms with van der Waals surface area (Å²) < 4.78 is 7.81. The number of hydrogen-bond acceptors (Lipinski definition) is 2. The third kappa shape index (κ3) is 3.32. The first-order chi connectivity index (χ1) is 11.7. The molecule has 0 saturated heterocycles. The van der Waals surface area contributed by atoms with Crippen LogP contribution in [0, 0.1) is 0 Å². The van der Waals surface area contributed by atoms with E-state index in [1.807, 2.05) is 24.3 Å². The van der Waals surface area contributed by atoms with Crippen molar-refractivity contribution in [2.24, 2.45) is 0 Å². The van der Waals surface area contributed by atoms with Crippen LogP contribution in [0.1, 0.15) is 49.5 Å². The maximum Gasteiger partial charge on any atom is 0.268 e. The molecule has 3 rings (SSSR count). The molecule has 1 heterocycles. The molecule has 1 N–H and O–H groups in total. The van der Waals surface area contributed by atoms with Gasteiger partial charge in [0, 0.05) is 18.0 Å². The quantitative estimate of drug-likeness (QED) is 0.805. The summed E-state index contributed by atoms with van der Waals surface area (Å²) in [6, 6.07) is 8.21. The molecule has 1 aliphatic carbocycles. The molecule has 4 heteroatoms. The minimum Gasteiger partial charge on any atom is -0.489 e. The van der Waals surface area contributed by atoms with E-state index in [0.717, 1.165) is 36.0 Å². The van der Waals surface area contributed by atoms with E-state index in [-0.39, 0.29) is 5.91 Å². The molecule has 0 aliphatic heterocycles. The molecule has 0 spiro atoms. The number of amides is 1. The summed E-state index contributed by atoms with van der Waals surface area (Å²) in [5.74, 6) is 0.820. The molecule has 128 valence electrons. The normalized spacial score (nSPS) is 15.4. The van der Waals surface area contributed by atoms with Gasteiger partial charge in [-0.1, -0.05) is 38.0 Å². The Kier molecular flexibility index (Phi) is 5.24. The van der Waals surface area contributed by atoms with Crippen LogP contribution in [0.5, 0.6) is 5.75 Å². The molecule has 0 atom stereocenters. The van der Waals surface area contributed by atoms with Crippen LogP contribution in [0.3, 0.4) is 0 Å². The highest BCUT2D eigenvalue weighted by molar-refractivity contribution is 6.00. The second kappa shape index (κ2) is 7.56. The van der Waals surface area contributed by atoms with Crippen molar-refractivity contribution >= 4 is 16.8 Å². The van der Waals surface area contributed by atoms with Gasteiger partial charge in [-0.3, -0.25) is 4.79 Å². The fraction of sp³-hybridized carbons (Fsp3) is 0.450. The fourth-order valence-corrected chi connectivity index (χ4v) is 3.57. The summed E-state index contributed by atoms with van der Waals surface area (Å²) in [5, 5.41) is 4.20. The SMILES string of the molecule is C=CCOc1cccc2c1cc(C(=O)NC1CCCCC1)n2CC. The van der Waals surface area contributed by atoms with Crippen molar-refractivity contribution in [1.82, 2.24) is 9.88 Å². The highest BCUT2D eigenvalue weighted by Gasteiger charge is 2.21. The Morgan fingerprint density at radius 2 is 2.17 bits per heavy atom. The number of rotatable bonds is 6. The smallest absolute Gasteiger partial charge is 0.268 e. The standard InChI is InChI=1S/C20H26N2O2/c1-3-13-24-19-12-8-11-17-16(19)14-18(22(17)4-2)20(23)21-15-9-6-5-7-10-15/h3,8,11-12,14-15H,1,4-7,9-10,13H2,2H3,(H,21,23). The van der Waals surface area contributed by atoms with Crippen LogP contribution in [-0.2, 0) is 6.54 Å². The van der Waals surface area contributed by atoms with Crippen molar-refractivity contribution in [1.29, 1.82) is 0 Å². The van der Waals surface area contributed by atoms with E-state index in [0.29, 0.717) is 18.3 Å². The van der Waals surface area contributed by atoms with Crippen molar-refractivity contribution in [3.05, 3.63) is 42.6 Å². The number of aryl methyl sites for hydroxylation is 1. The Bertz CT molecular complexity index is 727. The lowest BCUT2D eigenvalue weighted by atomic mass is 9.95. The number of benzene rings is 1. The van der Waals surface area contributed by atoms with Gasteiger partial charge in [0.25, 0.3) is 5.91 Å². The Morgan fingerprint density at radius 3 is 2.88 bits per heavy atom. The highest BCUT2D eigenvalue weighted by Crippen LogP contribution is 2.29. The van der Waals surface area contributed by atoms with Crippen molar-refractivity contribution < 1.29 is 9.53 Å². The minimum atomic E-state index is 0.0228. The Hall–Kier alpha value is -2.23. The summed E-state index contributed by atoms with van der Waals surface area (Å²) in [7, 11) is 0. The highest BCUT2D eigenvalue weighted by atomic mass is 16.5. The zero-order valence-electron chi connectivity index (χ0n) is 14.4. The number of ether oxygens (including phenoxy) is 1. The average molecular weight is 326 g/mol. The van der Waals surface area contributed by atoms with Gasteiger partial charge in [0.05, 0.1) is 5.52 Å². The minimum absolute atomic E-state index is 0.0228. The summed E-state index contributed by atoms with van der Waals surface area (Å²) in [6.45, 7) is 6.97. The maximum absolute atomic E-state index is 12.8. The van der Waals surface area contributed by atoms with Gasteiger partial charge in [0.1, 0.15) is 18.1 Å². The van der Waals surface area contributed by atoms with Gasteiger partial charge in [-0.2, -0.15) is 0 Å². The molecule has 0 radical (unpaired) electrons. The second-order valence-corrected chi connectivity index (χ2v) is 6.37. The van der Waals surface area contributed by atoms with Gasteiger partial charge in [-0.15, -0.1) is 0 Å². The fourth-order valence-electron chi connectivity index (χ4n) is 3.57. The van der Waals surface area contributed by atoms with Gasteiger partial charge in [0.2, 0.25) is 0 Å². The van der Waals surface area contributed by atoms with E-state index < -0.39 is 0 Å². The van der Waals surface area contributed by atoms with E-state index in [9.17, 15) is 4.79 Å². The van der Waals surface area contributed by atoms with Crippen LogP contribution in [-0.4, -0.2) is 23.1 Å². The molecule has 1 aromatic heterocycles. The predicted molar refractivity (Wildman–Crippen MR) is 97.6 cm³/mol. The van der Waals surface area contributed by atoms with Crippen LogP contribution in [0.25, 0.3) is 10.9 Å². The van der Waals surface area contributed by atoms with Gasteiger partial charge in [-0.05, 0) is 38.0 Å². The monoisotopic (exact) mass is 326 g/mol. The zero-order chi connectivity index (χ0) is 16.9. The van der Waals surface area contributed by atoms with Gasteiger partial charge < -0.3 is 14.6 Å². The first-order valence-corrected chi connectivity index (χ1v) is 8.91.